The molecule has 0 radical (unpaired) electrons. The third-order valence-corrected chi connectivity index (χ3v) is 2.63. The number of hydrogen-bond donors (Lipinski definition) is 0. The van der Waals surface area contributed by atoms with Gasteiger partial charge in [0, 0.05) is 10.7 Å². The van der Waals surface area contributed by atoms with Gasteiger partial charge < -0.3 is 4.74 Å². The lowest BCUT2D eigenvalue weighted by Crippen LogP contribution is -2.23. The summed E-state index contributed by atoms with van der Waals surface area (Å²) in [4.78, 5) is 0. The molecule has 60 valence electrons. The van der Waals surface area contributed by atoms with Crippen LogP contribution in [0.3, 0.4) is 0 Å². The molecule has 2 heteroatoms. The molecule has 1 heterocycles. The number of rotatable bonds is 2. The van der Waals surface area contributed by atoms with E-state index < -0.39 is 0 Å². The Balaban J connectivity index is 2.67. The van der Waals surface area contributed by atoms with Gasteiger partial charge in [0.15, 0.2) is 0 Å². The fourth-order valence-corrected chi connectivity index (χ4v) is 1.69. The minimum atomic E-state index is 0.123. The highest BCUT2D eigenvalue weighted by Crippen LogP contribution is 2.27. The molecule has 0 aliphatic carbocycles. The van der Waals surface area contributed by atoms with Crippen LogP contribution < -0.4 is 0 Å². The first-order valence-corrected chi connectivity index (χ1v) is 4.49. The highest BCUT2D eigenvalue weighted by atomic mass is 32.2. The first kappa shape index (κ1) is 8.47. The molecule has 1 aliphatic heterocycles. The van der Waals surface area contributed by atoms with E-state index in [4.69, 9.17) is 4.74 Å². The molecule has 0 amide bonds. The quantitative estimate of drug-likeness (QED) is 0.586. The van der Waals surface area contributed by atoms with Crippen LogP contribution in [0.1, 0.15) is 6.92 Å². The molecule has 11 heavy (non-hydrogen) atoms. The minimum absolute atomic E-state index is 0.123. The van der Waals surface area contributed by atoms with Gasteiger partial charge in [-0.15, -0.1) is 11.8 Å². The summed E-state index contributed by atoms with van der Waals surface area (Å²) < 4.78 is 5.50. The standard InChI is InChI=1S/C9H12OS/c1-4-8-6-11-7(3)9(5-2)10-8/h4-7,9H,1-2H2,3H3. The molecular formula is C9H12OS. The fraction of sp³-hybridized carbons (Fsp3) is 0.333. The predicted octanol–water partition coefficient (Wildman–Crippen LogP) is 2.72. The minimum Gasteiger partial charge on any atom is -0.485 e. The van der Waals surface area contributed by atoms with Crippen molar-refractivity contribution in [2.45, 2.75) is 18.3 Å². The Morgan fingerprint density at radius 3 is 2.91 bits per heavy atom. The molecule has 1 rings (SSSR count). The molecule has 0 aromatic rings. The van der Waals surface area contributed by atoms with Crippen molar-refractivity contribution in [3.63, 3.8) is 0 Å². The topological polar surface area (TPSA) is 9.23 Å². The number of ether oxygens (including phenoxy) is 1. The zero-order valence-electron chi connectivity index (χ0n) is 6.62. The molecule has 2 unspecified atom stereocenters. The number of hydrogen-bond acceptors (Lipinski definition) is 2. The molecule has 0 spiro atoms. The second-order valence-corrected chi connectivity index (χ2v) is 3.64. The van der Waals surface area contributed by atoms with Gasteiger partial charge in [0.05, 0.1) is 0 Å². The van der Waals surface area contributed by atoms with Crippen molar-refractivity contribution < 1.29 is 4.74 Å². The fourth-order valence-electron chi connectivity index (χ4n) is 0.869. The zero-order chi connectivity index (χ0) is 8.27. The van der Waals surface area contributed by atoms with E-state index in [1.54, 1.807) is 17.8 Å². The summed E-state index contributed by atoms with van der Waals surface area (Å²) in [6, 6.07) is 0. The molecular weight excluding hydrogens is 156 g/mol. The summed E-state index contributed by atoms with van der Waals surface area (Å²) in [6.45, 7) is 9.46. The Bertz CT molecular complexity index is 196. The summed E-state index contributed by atoms with van der Waals surface area (Å²) in [7, 11) is 0. The average molecular weight is 168 g/mol. The van der Waals surface area contributed by atoms with E-state index in [0.717, 1.165) is 5.76 Å². The van der Waals surface area contributed by atoms with Crippen molar-refractivity contribution in [3.8, 4) is 0 Å². The van der Waals surface area contributed by atoms with E-state index in [9.17, 15) is 0 Å². The summed E-state index contributed by atoms with van der Waals surface area (Å²) in [5.41, 5.74) is 0. The molecule has 0 N–H and O–H groups in total. The lowest BCUT2D eigenvalue weighted by molar-refractivity contribution is 0.164. The first-order chi connectivity index (χ1) is 5.27. The van der Waals surface area contributed by atoms with E-state index in [1.165, 1.54) is 0 Å². The maximum absolute atomic E-state index is 5.50. The molecule has 1 aliphatic rings. The van der Waals surface area contributed by atoms with E-state index >= 15 is 0 Å². The van der Waals surface area contributed by atoms with Gasteiger partial charge in [0.25, 0.3) is 0 Å². The highest BCUT2D eigenvalue weighted by molar-refractivity contribution is 8.02. The van der Waals surface area contributed by atoms with Gasteiger partial charge in [-0.2, -0.15) is 0 Å². The van der Waals surface area contributed by atoms with Gasteiger partial charge in [-0.3, -0.25) is 0 Å². The Labute approximate surface area is 71.8 Å². The molecule has 0 bridgehead atoms. The van der Waals surface area contributed by atoms with Crippen molar-refractivity contribution in [3.05, 3.63) is 36.5 Å². The van der Waals surface area contributed by atoms with Crippen molar-refractivity contribution in [1.29, 1.82) is 0 Å². The summed E-state index contributed by atoms with van der Waals surface area (Å²) in [5.74, 6) is 0.845. The average Bonchev–Trinajstić information content (AvgIpc) is 2.05. The van der Waals surface area contributed by atoms with Crippen LogP contribution >= 0.6 is 11.8 Å². The third kappa shape index (κ3) is 1.90. The van der Waals surface area contributed by atoms with Crippen LogP contribution in [0.4, 0.5) is 0 Å². The second kappa shape index (κ2) is 3.67. The predicted molar refractivity (Wildman–Crippen MR) is 50.4 cm³/mol. The molecule has 0 aromatic heterocycles. The van der Waals surface area contributed by atoms with Crippen molar-refractivity contribution in [1.82, 2.24) is 0 Å². The maximum atomic E-state index is 5.50. The normalized spacial score (nSPS) is 30.1. The van der Waals surface area contributed by atoms with Crippen LogP contribution in [0.15, 0.2) is 36.5 Å². The molecule has 2 atom stereocenters. The van der Waals surface area contributed by atoms with Crippen molar-refractivity contribution in [2.24, 2.45) is 0 Å². The van der Waals surface area contributed by atoms with Gasteiger partial charge in [0.1, 0.15) is 11.9 Å². The summed E-state index contributed by atoms with van der Waals surface area (Å²) in [6.07, 6.45) is 3.67. The van der Waals surface area contributed by atoms with Crippen LogP contribution in [0, 0.1) is 0 Å². The monoisotopic (exact) mass is 168 g/mol. The van der Waals surface area contributed by atoms with E-state index in [0.29, 0.717) is 5.25 Å². The maximum Gasteiger partial charge on any atom is 0.128 e. The van der Waals surface area contributed by atoms with Crippen LogP contribution in [0.5, 0.6) is 0 Å². The largest absolute Gasteiger partial charge is 0.485 e. The number of allylic oxidation sites excluding steroid dienone is 1. The van der Waals surface area contributed by atoms with E-state index in [1.807, 2.05) is 11.5 Å². The first-order valence-electron chi connectivity index (χ1n) is 3.55. The van der Waals surface area contributed by atoms with Crippen LogP contribution in [-0.2, 0) is 4.74 Å². The molecule has 0 fully saturated rings. The van der Waals surface area contributed by atoms with Crippen LogP contribution in [-0.4, -0.2) is 11.4 Å². The van der Waals surface area contributed by atoms with E-state index in [2.05, 4.69) is 20.1 Å². The van der Waals surface area contributed by atoms with Gasteiger partial charge in [0.2, 0.25) is 0 Å². The molecule has 0 saturated heterocycles. The molecule has 0 saturated carbocycles. The van der Waals surface area contributed by atoms with Crippen LogP contribution in [0.25, 0.3) is 0 Å². The summed E-state index contributed by atoms with van der Waals surface area (Å²) >= 11 is 1.75. The molecule has 1 nitrogen and oxygen atoms in total. The van der Waals surface area contributed by atoms with E-state index in [-0.39, 0.29) is 6.10 Å². The van der Waals surface area contributed by atoms with Gasteiger partial charge in [-0.25, -0.2) is 0 Å². The van der Waals surface area contributed by atoms with Crippen molar-refractivity contribution >= 4 is 11.8 Å². The third-order valence-electron chi connectivity index (χ3n) is 1.57. The Morgan fingerprint density at radius 1 is 1.64 bits per heavy atom. The Hall–Kier alpha value is -0.630. The lowest BCUT2D eigenvalue weighted by Gasteiger charge is -2.25. The van der Waals surface area contributed by atoms with Gasteiger partial charge in [-0.05, 0) is 13.0 Å². The van der Waals surface area contributed by atoms with Gasteiger partial charge in [-0.1, -0.05) is 19.2 Å². The molecule has 0 aromatic carbocycles. The SMILES string of the molecule is C=CC1=CSC(C)C(C=C)O1. The van der Waals surface area contributed by atoms with Crippen LogP contribution in [0.2, 0.25) is 0 Å². The lowest BCUT2D eigenvalue weighted by atomic mass is 10.2. The van der Waals surface area contributed by atoms with Gasteiger partial charge >= 0.3 is 0 Å². The zero-order valence-corrected chi connectivity index (χ0v) is 7.43. The highest BCUT2D eigenvalue weighted by Gasteiger charge is 2.19. The Morgan fingerprint density at radius 2 is 2.36 bits per heavy atom. The summed E-state index contributed by atoms with van der Waals surface area (Å²) in [5, 5.41) is 2.44. The Kier molecular flexibility index (Phi) is 2.83. The number of thioether (sulfide) groups is 1. The second-order valence-electron chi connectivity index (χ2n) is 2.38. The van der Waals surface area contributed by atoms with Crippen molar-refractivity contribution in [2.75, 3.05) is 0 Å². The smallest absolute Gasteiger partial charge is 0.128 e.